The topological polar surface area (TPSA) is 58.6 Å². The summed E-state index contributed by atoms with van der Waals surface area (Å²) < 4.78 is 3.73. The maximum Gasteiger partial charge on any atom is 0.188 e. The number of aromatic nitrogens is 3. The second-order valence-electron chi connectivity index (χ2n) is 3.92. The molecular formula is C13H8ClN3OS. The van der Waals surface area contributed by atoms with Crippen molar-refractivity contribution in [2.75, 3.05) is 0 Å². The van der Waals surface area contributed by atoms with E-state index in [9.17, 15) is 4.79 Å². The van der Waals surface area contributed by atoms with Crippen molar-refractivity contribution in [1.82, 2.24) is 14.6 Å². The van der Waals surface area contributed by atoms with E-state index in [4.69, 9.17) is 11.6 Å². The van der Waals surface area contributed by atoms with Crippen molar-refractivity contribution in [1.29, 1.82) is 0 Å². The molecule has 0 bridgehead atoms. The summed E-state index contributed by atoms with van der Waals surface area (Å²) in [6, 6.07) is 5.39. The Morgan fingerprint density at radius 3 is 3.11 bits per heavy atom. The van der Waals surface area contributed by atoms with Gasteiger partial charge in [0.1, 0.15) is 0 Å². The van der Waals surface area contributed by atoms with Gasteiger partial charge in [-0.3, -0.25) is 4.79 Å². The standard InChI is InChI=1S/C13H8ClN3OS/c14-8-1-3-10-11(6-15-12(10)5-8)13(18)4-2-9-7-19-17-16-9/h1-7,15H/b4-2-. The number of hydrogen-bond donors (Lipinski definition) is 1. The Bertz CT molecular complexity index is 761. The lowest BCUT2D eigenvalue weighted by molar-refractivity contribution is 0.104. The summed E-state index contributed by atoms with van der Waals surface area (Å²) in [6.07, 6.45) is 4.83. The molecule has 0 amide bonds. The molecule has 0 unspecified atom stereocenters. The molecule has 3 aromatic rings. The smallest absolute Gasteiger partial charge is 0.188 e. The van der Waals surface area contributed by atoms with Gasteiger partial charge in [-0.15, -0.1) is 5.10 Å². The normalized spacial score (nSPS) is 11.4. The summed E-state index contributed by atoms with van der Waals surface area (Å²) in [7, 11) is 0. The van der Waals surface area contributed by atoms with E-state index in [-0.39, 0.29) is 5.78 Å². The highest BCUT2D eigenvalue weighted by Gasteiger charge is 2.09. The Morgan fingerprint density at radius 1 is 1.42 bits per heavy atom. The van der Waals surface area contributed by atoms with Gasteiger partial charge in [0.15, 0.2) is 5.78 Å². The summed E-state index contributed by atoms with van der Waals surface area (Å²) in [5, 5.41) is 7.12. The van der Waals surface area contributed by atoms with Crippen LogP contribution in [0, 0.1) is 0 Å². The predicted molar refractivity (Wildman–Crippen MR) is 76.6 cm³/mol. The van der Waals surface area contributed by atoms with Crippen LogP contribution in [0.15, 0.2) is 35.9 Å². The molecule has 0 radical (unpaired) electrons. The fourth-order valence-electron chi connectivity index (χ4n) is 1.80. The molecule has 19 heavy (non-hydrogen) atoms. The van der Waals surface area contributed by atoms with Gasteiger partial charge >= 0.3 is 0 Å². The number of H-pyrrole nitrogens is 1. The van der Waals surface area contributed by atoms with E-state index in [0.717, 1.165) is 10.9 Å². The van der Waals surface area contributed by atoms with E-state index in [1.807, 2.05) is 6.07 Å². The molecular weight excluding hydrogens is 282 g/mol. The fraction of sp³-hybridized carbons (Fsp3) is 0. The molecule has 94 valence electrons. The Balaban J connectivity index is 1.94. The Kier molecular flexibility index (Phi) is 3.15. The van der Waals surface area contributed by atoms with Crippen LogP contribution < -0.4 is 0 Å². The molecule has 0 fully saturated rings. The molecule has 0 saturated heterocycles. The van der Waals surface area contributed by atoms with Crippen LogP contribution in [-0.2, 0) is 0 Å². The molecule has 2 heterocycles. The van der Waals surface area contributed by atoms with Gasteiger partial charge in [-0.2, -0.15) is 0 Å². The Hall–Kier alpha value is -1.98. The molecule has 0 aliphatic rings. The van der Waals surface area contributed by atoms with Gasteiger partial charge in [-0.25, -0.2) is 0 Å². The first-order valence-electron chi connectivity index (χ1n) is 5.50. The van der Waals surface area contributed by atoms with Crippen molar-refractivity contribution in [2.24, 2.45) is 0 Å². The number of allylic oxidation sites excluding steroid dienone is 1. The van der Waals surface area contributed by atoms with Crippen molar-refractivity contribution in [3.05, 3.63) is 52.1 Å². The summed E-state index contributed by atoms with van der Waals surface area (Å²) in [6.45, 7) is 0. The maximum absolute atomic E-state index is 12.1. The number of ketones is 1. The predicted octanol–water partition coefficient (Wildman–Crippen LogP) is 3.57. The van der Waals surface area contributed by atoms with Gasteiger partial charge in [0, 0.05) is 33.1 Å². The highest BCUT2D eigenvalue weighted by Crippen LogP contribution is 2.22. The lowest BCUT2D eigenvalue weighted by Gasteiger charge is -1.94. The summed E-state index contributed by atoms with van der Waals surface area (Å²) in [4.78, 5) is 15.2. The van der Waals surface area contributed by atoms with Crippen LogP contribution in [0.3, 0.4) is 0 Å². The number of carbonyl (C=O) groups excluding carboxylic acids is 1. The number of carbonyl (C=O) groups is 1. The monoisotopic (exact) mass is 289 g/mol. The average molecular weight is 290 g/mol. The van der Waals surface area contributed by atoms with Crippen molar-refractivity contribution < 1.29 is 4.79 Å². The molecule has 2 aromatic heterocycles. The first-order valence-corrected chi connectivity index (χ1v) is 6.71. The number of nitrogens with zero attached hydrogens (tertiary/aromatic N) is 2. The van der Waals surface area contributed by atoms with E-state index in [0.29, 0.717) is 16.3 Å². The largest absolute Gasteiger partial charge is 0.360 e. The SMILES string of the molecule is O=C(/C=C\c1csnn1)c1c[nH]c2cc(Cl)ccc12. The number of hydrogen-bond acceptors (Lipinski definition) is 4. The molecule has 6 heteroatoms. The summed E-state index contributed by atoms with van der Waals surface area (Å²) >= 11 is 7.15. The number of halogens is 1. The number of nitrogens with one attached hydrogen (secondary N) is 1. The second-order valence-corrected chi connectivity index (χ2v) is 4.97. The quantitative estimate of drug-likeness (QED) is 0.592. The average Bonchev–Trinajstić information content (AvgIpc) is 3.04. The third kappa shape index (κ3) is 2.43. The van der Waals surface area contributed by atoms with Crippen LogP contribution in [0.2, 0.25) is 5.02 Å². The summed E-state index contributed by atoms with van der Waals surface area (Å²) in [5.74, 6) is -0.0819. The van der Waals surface area contributed by atoms with Gasteiger partial charge in [0.2, 0.25) is 0 Å². The third-order valence-corrected chi connectivity index (χ3v) is 3.45. The van der Waals surface area contributed by atoms with Crippen molar-refractivity contribution in [3.8, 4) is 0 Å². The van der Waals surface area contributed by atoms with Crippen molar-refractivity contribution in [2.45, 2.75) is 0 Å². The molecule has 0 aliphatic carbocycles. The molecule has 1 N–H and O–H groups in total. The molecule has 0 spiro atoms. The van der Waals surface area contributed by atoms with E-state index in [1.54, 1.807) is 29.8 Å². The van der Waals surface area contributed by atoms with Crippen LogP contribution >= 0.6 is 23.1 Å². The van der Waals surface area contributed by atoms with Gasteiger partial charge < -0.3 is 4.98 Å². The van der Waals surface area contributed by atoms with Crippen LogP contribution in [0.1, 0.15) is 16.1 Å². The minimum absolute atomic E-state index is 0.0819. The van der Waals surface area contributed by atoms with Crippen LogP contribution in [0.4, 0.5) is 0 Å². The Labute approximate surface area is 117 Å². The van der Waals surface area contributed by atoms with Gasteiger partial charge in [-0.1, -0.05) is 22.2 Å². The number of benzene rings is 1. The number of fused-ring (bicyclic) bond motifs is 1. The lowest BCUT2D eigenvalue weighted by atomic mass is 10.1. The highest BCUT2D eigenvalue weighted by molar-refractivity contribution is 7.03. The van der Waals surface area contributed by atoms with Gasteiger partial charge in [0.25, 0.3) is 0 Å². The molecule has 1 aromatic carbocycles. The first-order chi connectivity index (χ1) is 9.24. The Morgan fingerprint density at radius 2 is 2.32 bits per heavy atom. The van der Waals surface area contributed by atoms with Crippen LogP contribution in [0.5, 0.6) is 0 Å². The third-order valence-electron chi connectivity index (χ3n) is 2.69. The van der Waals surface area contributed by atoms with E-state index >= 15 is 0 Å². The van der Waals surface area contributed by atoms with Crippen molar-refractivity contribution in [3.63, 3.8) is 0 Å². The van der Waals surface area contributed by atoms with E-state index in [2.05, 4.69) is 14.6 Å². The van der Waals surface area contributed by atoms with Crippen molar-refractivity contribution >= 4 is 45.9 Å². The van der Waals surface area contributed by atoms with Gasteiger partial charge in [0.05, 0.1) is 5.69 Å². The zero-order chi connectivity index (χ0) is 13.2. The molecule has 4 nitrogen and oxygen atoms in total. The van der Waals surface area contributed by atoms with Gasteiger partial charge in [-0.05, 0) is 35.8 Å². The summed E-state index contributed by atoms with van der Waals surface area (Å²) in [5.41, 5.74) is 2.15. The fourth-order valence-corrected chi connectivity index (χ4v) is 2.39. The molecule has 0 saturated carbocycles. The molecule has 0 aliphatic heterocycles. The van der Waals surface area contributed by atoms with E-state index in [1.165, 1.54) is 17.6 Å². The zero-order valence-corrected chi connectivity index (χ0v) is 11.2. The minimum atomic E-state index is -0.0819. The second kappa shape index (κ2) is 4.95. The first kappa shape index (κ1) is 12.1. The highest BCUT2D eigenvalue weighted by atomic mass is 35.5. The number of rotatable bonds is 3. The molecule has 0 atom stereocenters. The maximum atomic E-state index is 12.1. The van der Waals surface area contributed by atoms with E-state index < -0.39 is 0 Å². The van der Waals surface area contributed by atoms with Crippen LogP contribution in [-0.4, -0.2) is 20.4 Å². The number of aromatic amines is 1. The minimum Gasteiger partial charge on any atom is -0.360 e. The molecule has 3 rings (SSSR count). The van der Waals surface area contributed by atoms with Crippen LogP contribution in [0.25, 0.3) is 17.0 Å². The zero-order valence-electron chi connectivity index (χ0n) is 9.63. The lowest BCUT2D eigenvalue weighted by Crippen LogP contribution is -1.92.